The SMILES string of the molecule is O=S(=O)(c1ccccc1F)N1CCN(S(=O)(=O)c2ccc(Cl)cc2C(F)(F)F)CC1. The van der Waals surface area contributed by atoms with E-state index in [1.807, 2.05) is 0 Å². The maximum atomic E-state index is 13.9. The Morgan fingerprint density at radius 3 is 1.80 bits per heavy atom. The van der Waals surface area contributed by atoms with Crippen molar-refractivity contribution in [2.45, 2.75) is 16.0 Å². The lowest BCUT2D eigenvalue weighted by Gasteiger charge is -2.33. The van der Waals surface area contributed by atoms with E-state index in [0.717, 1.165) is 32.9 Å². The molecule has 2 aromatic rings. The molecule has 1 fully saturated rings. The first-order chi connectivity index (χ1) is 13.8. The van der Waals surface area contributed by atoms with Crippen molar-refractivity contribution in [2.24, 2.45) is 0 Å². The Bertz CT molecular complexity index is 1160. The first-order valence-electron chi connectivity index (χ1n) is 8.47. The fraction of sp³-hybridized carbons (Fsp3) is 0.294. The second-order valence-electron chi connectivity index (χ2n) is 6.38. The minimum atomic E-state index is -4.96. The van der Waals surface area contributed by atoms with Crippen LogP contribution in [0.4, 0.5) is 17.6 Å². The van der Waals surface area contributed by atoms with Crippen LogP contribution in [0.3, 0.4) is 0 Å². The Morgan fingerprint density at radius 1 is 0.800 bits per heavy atom. The lowest BCUT2D eigenvalue weighted by atomic mass is 10.2. The van der Waals surface area contributed by atoms with Crippen LogP contribution in [0.15, 0.2) is 52.3 Å². The molecule has 0 amide bonds. The summed E-state index contributed by atoms with van der Waals surface area (Å²) in [4.78, 5) is -1.52. The number of sulfonamides is 2. The molecule has 0 aliphatic carbocycles. The molecule has 30 heavy (non-hydrogen) atoms. The molecule has 0 bridgehead atoms. The fourth-order valence-corrected chi connectivity index (χ4v) is 6.31. The van der Waals surface area contributed by atoms with Gasteiger partial charge in [0.05, 0.1) is 10.5 Å². The highest BCUT2D eigenvalue weighted by Crippen LogP contribution is 2.37. The van der Waals surface area contributed by atoms with E-state index in [4.69, 9.17) is 11.6 Å². The summed E-state index contributed by atoms with van der Waals surface area (Å²) in [5, 5.41) is -0.276. The van der Waals surface area contributed by atoms with Crippen LogP contribution in [-0.2, 0) is 26.2 Å². The van der Waals surface area contributed by atoms with Crippen molar-refractivity contribution in [3.05, 3.63) is 58.9 Å². The van der Waals surface area contributed by atoms with Gasteiger partial charge in [-0.25, -0.2) is 21.2 Å². The van der Waals surface area contributed by atoms with Crippen LogP contribution in [0, 0.1) is 5.82 Å². The van der Waals surface area contributed by atoms with E-state index in [-0.39, 0.29) is 18.1 Å². The number of hydrogen-bond acceptors (Lipinski definition) is 4. The number of nitrogens with zero attached hydrogens (tertiary/aromatic N) is 2. The highest BCUT2D eigenvalue weighted by atomic mass is 35.5. The van der Waals surface area contributed by atoms with Gasteiger partial charge in [-0.05, 0) is 30.3 Å². The van der Waals surface area contributed by atoms with Crippen molar-refractivity contribution < 1.29 is 34.4 Å². The fourth-order valence-electron chi connectivity index (χ4n) is 3.03. The Hall–Kier alpha value is -1.73. The van der Waals surface area contributed by atoms with Crippen LogP contribution in [-0.4, -0.2) is 51.6 Å². The molecule has 1 aliphatic rings. The van der Waals surface area contributed by atoms with Crippen LogP contribution in [0.5, 0.6) is 0 Å². The molecule has 164 valence electrons. The number of piperazine rings is 1. The molecular weight excluding hydrogens is 472 g/mol. The minimum absolute atomic E-state index is 0.276. The highest BCUT2D eigenvalue weighted by Gasteiger charge is 2.41. The molecule has 13 heteroatoms. The van der Waals surface area contributed by atoms with E-state index in [1.165, 1.54) is 12.1 Å². The van der Waals surface area contributed by atoms with Gasteiger partial charge in [-0.3, -0.25) is 0 Å². The molecule has 2 aromatic carbocycles. The Labute approximate surface area is 175 Å². The number of halogens is 5. The summed E-state index contributed by atoms with van der Waals surface area (Å²) in [5.41, 5.74) is -1.41. The van der Waals surface area contributed by atoms with Crippen molar-refractivity contribution in [3.63, 3.8) is 0 Å². The van der Waals surface area contributed by atoms with Crippen molar-refractivity contribution in [3.8, 4) is 0 Å². The first-order valence-corrected chi connectivity index (χ1v) is 11.7. The monoisotopic (exact) mass is 486 g/mol. The Morgan fingerprint density at radius 2 is 1.30 bits per heavy atom. The molecule has 0 aromatic heterocycles. The molecule has 1 heterocycles. The third-order valence-corrected chi connectivity index (χ3v) is 8.64. The van der Waals surface area contributed by atoms with E-state index in [0.29, 0.717) is 6.07 Å². The molecule has 0 spiro atoms. The van der Waals surface area contributed by atoms with E-state index in [9.17, 15) is 34.4 Å². The number of benzene rings is 2. The second kappa shape index (κ2) is 8.08. The number of alkyl halides is 3. The van der Waals surface area contributed by atoms with E-state index in [1.54, 1.807) is 0 Å². The second-order valence-corrected chi connectivity index (χ2v) is 10.6. The van der Waals surface area contributed by atoms with Gasteiger partial charge >= 0.3 is 6.18 Å². The van der Waals surface area contributed by atoms with E-state index >= 15 is 0 Å². The van der Waals surface area contributed by atoms with Gasteiger partial charge in [0.15, 0.2) is 0 Å². The standard InChI is InChI=1S/C17H15ClF4N2O4S2/c18-12-5-6-15(13(11-12)17(20,21)22)29(25,26)23-7-9-24(10-8-23)30(27,28)16-4-2-1-3-14(16)19/h1-6,11H,7-10H2. The zero-order valence-electron chi connectivity index (χ0n) is 15.1. The van der Waals surface area contributed by atoms with Crippen molar-refractivity contribution in [1.29, 1.82) is 0 Å². The van der Waals surface area contributed by atoms with Gasteiger partial charge in [-0.15, -0.1) is 0 Å². The summed E-state index contributed by atoms with van der Waals surface area (Å²) >= 11 is 5.59. The molecule has 6 nitrogen and oxygen atoms in total. The van der Waals surface area contributed by atoms with Gasteiger partial charge < -0.3 is 0 Å². The minimum Gasteiger partial charge on any atom is -0.207 e. The molecule has 0 atom stereocenters. The van der Waals surface area contributed by atoms with Crippen molar-refractivity contribution in [2.75, 3.05) is 26.2 Å². The molecule has 1 saturated heterocycles. The molecule has 3 rings (SSSR count). The van der Waals surface area contributed by atoms with Gasteiger partial charge in [0.25, 0.3) is 0 Å². The van der Waals surface area contributed by atoms with E-state index in [2.05, 4.69) is 0 Å². The topological polar surface area (TPSA) is 74.8 Å². The Balaban J connectivity index is 1.86. The zero-order chi connectivity index (χ0) is 22.3. The molecular formula is C17H15ClF4N2O4S2. The summed E-state index contributed by atoms with van der Waals surface area (Å²) in [7, 11) is -8.80. The van der Waals surface area contributed by atoms with Crippen LogP contribution in [0.2, 0.25) is 5.02 Å². The average Bonchev–Trinajstić information content (AvgIpc) is 2.67. The van der Waals surface area contributed by atoms with Crippen molar-refractivity contribution >= 4 is 31.6 Å². The smallest absolute Gasteiger partial charge is 0.207 e. The predicted octanol–water partition coefficient (Wildman–Crippen LogP) is 3.19. The third-order valence-electron chi connectivity index (χ3n) is 4.52. The summed E-state index contributed by atoms with van der Waals surface area (Å²) < 4.78 is 106. The van der Waals surface area contributed by atoms with E-state index < -0.39 is 60.5 Å². The average molecular weight is 487 g/mol. The highest BCUT2D eigenvalue weighted by molar-refractivity contribution is 7.89. The van der Waals surface area contributed by atoms with Gasteiger partial charge in [0.2, 0.25) is 20.0 Å². The first kappa shape index (κ1) is 22.9. The van der Waals surface area contributed by atoms with Crippen LogP contribution < -0.4 is 0 Å². The molecule has 0 N–H and O–H groups in total. The van der Waals surface area contributed by atoms with Gasteiger partial charge in [0.1, 0.15) is 10.7 Å². The van der Waals surface area contributed by atoms with Gasteiger partial charge in [-0.2, -0.15) is 21.8 Å². The molecule has 0 saturated carbocycles. The van der Waals surface area contributed by atoms with Crippen LogP contribution in [0.1, 0.15) is 5.56 Å². The van der Waals surface area contributed by atoms with Crippen LogP contribution >= 0.6 is 11.6 Å². The Kier molecular flexibility index (Phi) is 6.18. The number of rotatable bonds is 4. The maximum absolute atomic E-state index is 13.9. The van der Waals surface area contributed by atoms with Gasteiger partial charge in [-0.1, -0.05) is 23.7 Å². The summed E-state index contributed by atoms with van der Waals surface area (Å²) in [6, 6.07) is 7.04. The lowest BCUT2D eigenvalue weighted by molar-refractivity contribution is -0.139. The molecule has 0 radical (unpaired) electrons. The molecule has 0 unspecified atom stereocenters. The maximum Gasteiger partial charge on any atom is 0.417 e. The molecule has 1 aliphatic heterocycles. The summed E-state index contributed by atoms with van der Waals surface area (Å²) in [5.74, 6) is -0.955. The van der Waals surface area contributed by atoms with Crippen LogP contribution in [0.25, 0.3) is 0 Å². The summed E-state index contributed by atoms with van der Waals surface area (Å²) in [6.45, 7) is -1.47. The normalized spacial score (nSPS) is 17.2. The largest absolute Gasteiger partial charge is 0.417 e. The zero-order valence-corrected chi connectivity index (χ0v) is 17.5. The van der Waals surface area contributed by atoms with Gasteiger partial charge in [0, 0.05) is 31.2 Å². The number of hydrogen-bond donors (Lipinski definition) is 0. The quantitative estimate of drug-likeness (QED) is 0.622. The predicted molar refractivity (Wildman–Crippen MR) is 100 cm³/mol. The lowest BCUT2D eigenvalue weighted by Crippen LogP contribution is -2.50. The van der Waals surface area contributed by atoms with Crippen molar-refractivity contribution in [1.82, 2.24) is 8.61 Å². The summed E-state index contributed by atoms with van der Waals surface area (Å²) in [6.07, 6.45) is -4.96. The third kappa shape index (κ3) is 4.33.